The first kappa shape index (κ1) is 14.1. The van der Waals surface area contributed by atoms with E-state index in [2.05, 4.69) is 10.3 Å². The Bertz CT molecular complexity index is 657. The molecule has 2 heterocycles. The Balaban J connectivity index is 1.60. The molecule has 0 saturated carbocycles. The topological polar surface area (TPSA) is 62.3 Å². The van der Waals surface area contributed by atoms with Crippen molar-refractivity contribution in [3.05, 3.63) is 35.7 Å². The van der Waals surface area contributed by atoms with E-state index in [4.69, 9.17) is 0 Å². The molecule has 1 saturated heterocycles. The molecule has 108 valence electrons. The molecule has 5 nitrogen and oxygen atoms in total. The SMILES string of the molecule is O=C(CSc1nc(-c2ccccc2)cs1)N1CCNC1=O. The van der Waals surface area contributed by atoms with Gasteiger partial charge in [-0.3, -0.25) is 9.69 Å². The number of hydrogen-bond acceptors (Lipinski definition) is 5. The molecule has 1 aliphatic rings. The van der Waals surface area contributed by atoms with E-state index < -0.39 is 0 Å². The highest BCUT2D eigenvalue weighted by Crippen LogP contribution is 2.28. The molecule has 0 unspecified atom stereocenters. The van der Waals surface area contributed by atoms with Gasteiger partial charge in [0.05, 0.1) is 11.4 Å². The maximum atomic E-state index is 11.9. The number of urea groups is 1. The minimum absolute atomic E-state index is 0.175. The van der Waals surface area contributed by atoms with Gasteiger partial charge in [-0.2, -0.15) is 0 Å². The zero-order chi connectivity index (χ0) is 14.7. The molecule has 1 N–H and O–H groups in total. The van der Waals surface area contributed by atoms with Crippen LogP contribution in [0.25, 0.3) is 11.3 Å². The van der Waals surface area contributed by atoms with Crippen LogP contribution < -0.4 is 5.32 Å². The molecule has 0 bridgehead atoms. The number of nitrogens with zero attached hydrogens (tertiary/aromatic N) is 2. The number of nitrogens with one attached hydrogen (secondary N) is 1. The Labute approximate surface area is 130 Å². The third-order valence-electron chi connectivity index (χ3n) is 3.03. The first-order chi connectivity index (χ1) is 10.2. The third-order valence-corrected chi connectivity index (χ3v) is 5.04. The lowest BCUT2D eigenvalue weighted by Gasteiger charge is -2.10. The van der Waals surface area contributed by atoms with E-state index >= 15 is 0 Å². The summed E-state index contributed by atoms with van der Waals surface area (Å²) >= 11 is 2.88. The summed E-state index contributed by atoms with van der Waals surface area (Å²) in [5.74, 6) is 0.0567. The number of imide groups is 1. The van der Waals surface area contributed by atoms with Crippen LogP contribution in [-0.4, -0.2) is 40.7 Å². The molecule has 3 rings (SSSR count). The second kappa shape index (κ2) is 6.28. The number of rotatable bonds is 4. The summed E-state index contributed by atoms with van der Waals surface area (Å²) < 4.78 is 0.835. The number of hydrogen-bond donors (Lipinski definition) is 1. The molecule has 1 fully saturated rings. The number of amides is 3. The fourth-order valence-corrected chi connectivity index (χ4v) is 3.69. The van der Waals surface area contributed by atoms with Gasteiger partial charge in [0.2, 0.25) is 5.91 Å². The minimum Gasteiger partial charge on any atom is -0.336 e. The number of thioether (sulfide) groups is 1. The molecule has 7 heteroatoms. The van der Waals surface area contributed by atoms with Gasteiger partial charge in [0.1, 0.15) is 0 Å². The monoisotopic (exact) mass is 319 g/mol. The highest BCUT2D eigenvalue weighted by molar-refractivity contribution is 8.01. The van der Waals surface area contributed by atoms with E-state index in [-0.39, 0.29) is 17.7 Å². The Morgan fingerprint density at radius 3 is 2.90 bits per heavy atom. The largest absolute Gasteiger partial charge is 0.336 e. The Kier molecular flexibility index (Phi) is 4.21. The van der Waals surface area contributed by atoms with Crippen molar-refractivity contribution in [2.45, 2.75) is 4.34 Å². The Morgan fingerprint density at radius 2 is 2.19 bits per heavy atom. The highest BCUT2D eigenvalue weighted by atomic mass is 32.2. The maximum absolute atomic E-state index is 11.9. The first-order valence-corrected chi connectivity index (χ1v) is 8.32. The molecule has 2 aromatic rings. The summed E-state index contributed by atoms with van der Waals surface area (Å²) in [4.78, 5) is 29.1. The second-order valence-corrected chi connectivity index (χ2v) is 6.51. The molecule has 0 radical (unpaired) electrons. The van der Waals surface area contributed by atoms with E-state index in [0.717, 1.165) is 15.6 Å². The zero-order valence-corrected chi connectivity index (χ0v) is 12.7. The van der Waals surface area contributed by atoms with Gasteiger partial charge in [-0.25, -0.2) is 9.78 Å². The highest BCUT2D eigenvalue weighted by Gasteiger charge is 2.25. The van der Waals surface area contributed by atoms with Gasteiger partial charge >= 0.3 is 6.03 Å². The molecule has 21 heavy (non-hydrogen) atoms. The quantitative estimate of drug-likeness (QED) is 0.879. The van der Waals surface area contributed by atoms with Crippen LogP contribution in [0.3, 0.4) is 0 Å². The molecule has 0 spiro atoms. The molecule has 1 aromatic carbocycles. The van der Waals surface area contributed by atoms with Gasteiger partial charge in [0.15, 0.2) is 4.34 Å². The molecule has 1 aromatic heterocycles. The van der Waals surface area contributed by atoms with Crippen molar-refractivity contribution in [3.8, 4) is 11.3 Å². The standard InChI is InChI=1S/C14H13N3O2S2/c18-12(17-7-6-15-13(17)19)9-21-14-16-11(8-20-14)10-4-2-1-3-5-10/h1-5,8H,6-7,9H2,(H,15,19). The summed E-state index contributed by atoms with van der Waals surface area (Å²) in [7, 11) is 0. The molecule has 0 atom stereocenters. The minimum atomic E-state index is -0.301. The second-order valence-electron chi connectivity index (χ2n) is 4.43. The van der Waals surface area contributed by atoms with Gasteiger partial charge in [0.25, 0.3) is 0 Å². The van der Waals surface area contributed by atoms with E-state index in [1.54, 1.807) is 0 Å². The smallest absolute Gasteiger partial charge is 0.324 e. The average Bonchev–Trinajstić information content (AvgIpc) is 3.15. The lowest BCUT2D eigenvalue weighted by molar-refractivity contribution is -0.124. The van der Waals surface area contributed by atoms with Gasteiger partial charge in [-0.05, 0) is 0 Å². The molecular weight excluding hydrogens is 306 g/mol. The molecule has 1 aliphatic heterocycles. The van der Waals surface area contributed by atoms with Crippen LogP contribution >= 0.6 is 23.1 Å². The normalized spacial score (nSPS) is 14.3. The summed E-state index contributed by atoms with van der Waals surface area (Å²) in [5, 5.41) is 4.60. The van der Waals surface area contributed by atoms with Crippen LogP contribution in [0.15, 0.2) is 40.1 Å². The van der Waals surface area contributed by atoms with Crippen molar-refractivity contribution in [1.82, 2.24) is 15.2 Å². The zero-order valence-electron chi connectivity index (χ0n) is 11.1. The lowest BCUT2D eigenvalue weighted by Crippen LogP contribution is -2.35. The van der Waals surface area contributed by atoms with Crippen LogP contribution in [-0.2, 0) is 4.79 Å². The Hall–Kier alpha value is -1.86. The van der Waals surface area contributed by atoms with Crippen molar-refractivity contribution in [1.29, 1.82) is 0 Å². The fourth-order valence-electron chi connectivity index (χ4n) is 1.98. The average molecular weight is 319 g/mol. The van der Waals surface area contributed by atoms with Crippen LogP contribution in [0, 0.1) is 0 Å². The summed E-state index contributed by atoms with van der Waals surface area (Å²) in [6.07, 6.45) is 0. The maximum Gasteiger partial charge on any atom is 0.324 e. The number of carbonyl (C=O) groups is 2. The number of benzene rings is 1. The predicted octanol–water partition coefficient (Wildman–Crippen LogP) is 2.45. The van der Waals surface area contributed by atoms with Gasteiger partial charge in [-0.15, -0.1) is 11.3 Å². The molecule has 3 amide bonds. The van der Waals surface area contributed by atoms with Crippen LogP contribution in [0.5, 0.6) is 0 Å². The van der Waals surface area contributed by atoms with E-state index in [9.17, 15) is 9.59 Å². The lowest BCUT2D eigenvalue weighted by atomic mass is 10.2. The van der Waals surface area contributed by atoms with Crippen LogP contribution in [0.2, 0.25) is 0 Å². The number of thiazole rings is 1. The van der Waals surface area contributed by atoms with Crippen molar-refractivity contribution < 1.29 is 9.59 Å². The summed E-state index contributed by atoms with van der Waals surface area (Å²) in [5.41, 5.74) is 1.97. The fraction of sp³-hybridized carbons (Fsp3) is 0.214. The van der Waals surface area contributed by atoms with Crippen molar-refractivity contribution in [2.75, 3.05) is 18.8 Å². The third kappa shape index (κ3) is 3.25. The van der Waals surface area contributed by atoms with Gasteiger partial charge < -0.3 is 5.32 Å². The first-order valence-electron chi connectivity index (χ1n) is 6.46. The van der Waals surface area contributed by atoms with Crippen LogP contribution in [0.1, 0.15) is 0 Å². The van der Waals surface area contributed by atoms with E-state index in [1.807, 2.05) is 35.7 Å². The Morgan fingerprint density at radius 1 is 1.38 bits per heavy atom. The summed E-state index contributed by atoms with van der Waals surface area (Å²) in [6, 6.07) is 9.61. The van der Waals surface area contributed by atoms with Crippen molar-refractivity contribution in [3.63, 3.8) is 0 Å². The van der Waals surface area contributed by atoms with E-state index in [1.165, 1.54) is 28.0 Å². The molecule has 0 aliphatic carbocycles. The van der Waals surface area contributed by atoms with Crippen molar-refractivity contribution >= 4 is 35.0 Å². The number of aromatic nitrogens is 1. The predicted molar refractivity (Wildman–Crippen MR) is 83.4 cm³/mol. The summed E-state index contributed by atoms with van der Waals surface area (Å²) in [6.45, 7) is 0.982. The van der Waals surface area contributed by atoms with Gasteiger partial charge in [-0.1, -0.05) is 42.1 Å². The van der Waals surface area contributed by atoms with Crippen LogP contribution in [0.4, 0.5) is 4.79 Å². The number of carbonyl (C=O) groups excluding carboxylic acids is 2. The van der Waals surface area contributed by atoms with Crippen molar-refractivity contribution in [2.24, 2.45) is 0 Å². The van der Waals surface area contributed by atoms with E-state index in [0.29, 0.717) is 13.1 Å². The molecular formula is C14H13N3O2S2. The van der Waals surface area contributed by atoms with Gasteiger partial charge in [0, 0.05) is 24.0 Å².